The van der Waals surface area contributed by atoms with Crippen molar-refractivity contribution in [2.75, 3.05) is 19.8 Å². The van der Waals surface area contributed by atoms with Crippen LogP contribution in [0.5, 0.6) is 0 Å². The first-order valence-electron chi connectivity index (χ1n) is 3.25. The fourth-order valence-corrected chi connectivity index (χ4v) is 0.443. The van der Waals surface area contributed by atoms with Gasteiger partial charge in [-0.3, -0.25) is 0 Å². The molecular weight excluding hydrogens is 155 g/mol. The Balaban J connectivity index is 0. The summed E-state index contributed by atoms with van der Waals surface area (Å²) in [6, 6.07) is 0. The molecule has 0 rings (SSSR count). The zero-order valence-corrected chi connectivity index (χ0v) is 6.48. The summed E-state index contributed by atoms with van der Waals surface area (Å²) in [6.45, 7) is 7.60. The molecule has 0 amide bonds. The number of ether oxygens (including phenoxy) is 1. The number of rotatable bonds is 3. The van der Waals surface area contributed by atoms with E-state index in [1.165, 1.54) is 0 Å². The van der Waals surface area contributed by atoms with E-state index < -0.39 is 0 Å². The molecule has 0 fully saturated rings. The molecule has 0 aliphatic carbocycles. The Bertz CT molecular complexity index is 68.5. The van der Waals surface area contributed by atoms with Crippen LogP contribution in [0.2, 0.25) is 0 Å². The Kier molecular flexibility index (Phi) is 10.2. The van der Waals surface area contributed by atoms with Gasteiger partial charge in [0.05, 0.1) is 19.8 Å². The second-order valence-electron chi connectivity index (χ2n) is 3.34. The average molecular weight is 172 g/mol. The van der Waals surface area contributed by atoms with Crippen LogP contribution in [0, 0.1) is 5.41 Å². The van der Waals surface area contributed by atoms with Crippen LogP contribution >= 0.6 is 0 Å². The maximum atomic E-state index is 8.34. The standard InChI is InChI=1S/C7H16O2.K.H/c1-7(2,3)6-9-5-4-8;;/h8H,4-6H2,1-3H3;;. The molecule has 0 aromatic heterocycles. The Morgan fingerprint density at radius 3 is 2.10 bits per heavy atom. The fraction of sp³-hybridized carbons (Fsp3) is 1.00. The van der Waals surface area contributed by atoms with E-state index in [1.807, 2.05) is 0 Å². The maximum absolute atomic E-state index is 8.34. The van der Waals surface area contributed by atoms with Gasteiger partial charge in [-0.05, 0) is 5.41 Å². The van der Waals surface area contributed by atoms with Gasteiger partial charge in [-0.25, -0.2) is 0 Å². The summed E-state index contributed by atoms with van der Waals surface area (Å²) < 4.78 is 5.10. The van der Waals surface area contributed by atoms with E-state index in [2.05, 4.69) is 20.8 Å². The molecule has 0 aromatic carbocycles. The van der Waals surface area contributed by atoms with E-state index in [9.17, 15) is 0 Å². The number of aliphatic hydroxyl groups excluding tert-OH is 1. The summed E-state index contributed by atoms with van der Waals surface area (Å²) in [4.78, 5) is 0. The van der Waals surface area contributed by atoms with Crippen molar-refractivity contribution in [3.63, 3.8) is 0 Å². The third-order valence-corrected chi connectivity index (χ3v) is 0.771. The molecule has 0 heterocycles. The predicted octanol–water partition coefficient (Wildman–Crippen LogP) is 0.393. The van der Waals surface area contributed by atoms with Crippen molar-refractivity contribution in [3.8, 4) is 0 Å². The van der Waals surface area contributed by atoms with E-state index in [1.54, 1.807) is 0 Å². The molecule has 2 nitrogen and oxygen atoms in total. The second kappa shape index (κ2) is 7.22. The van der Waals surface area contributed by atoms with Crippen LogP contribution in [0.25, 0.3) is 0 Å². The number of hydrogen-bond acceptors (Lipinski definition) is 2. The molecule has 10 heavy (non-hydrogen) atoms. The van der Waals surface area contributed by atoms with Crippen LogP contribution in [-0.4, -0.2) is 76.3 Å². The van der Waals surface area contributed by atoms with Crippen LogP contribution in [0.15, 0.2) is 0 Å². The molecule has 0 saturated heterocycles. The van der Waals surface area contributed by atoms with Crippen LogP contribution in [0.1, 0.15) is 20.8 Å². The minimum atomic E-state index is 0. The van der Waals surface area contributed by atoms with Gasteiger partial charge in [-0.15, -0.1) is 0 Å². The van der Waals surface area contributed by atoms with Crippen molar-refractivity contribution in [1.29, 1.82) is 0 Å². The first-order chi connectivity index (χ1) is 4.06. The monoisotopic (exact) mass is 172 g/mol. The van der Waals surface area contributed by atoms with Gasteiger partial charge in [-0.1, -0.05) is 20.8 Å². The molecule has 0 atom stereocenters. The van der Waals surface area contributed by atoms with Gasteiger partial charge in [0.2, 0.25) is 0 Å². The molecule has 0 bridgehead atoms. The Morgan fingerprint density at radius 2 is 1.80 bits per heavy atom. The topological polar surface area (TPSA) is 29.5 Å². The molecule has 0 aliphatic heterocycles. The molecule has 0 spiro atoms. The quantitative estimate of drug-likeness (QED) is 0.493. The summed E-state index contributed by atoms with van der Waals surface area (Å²) >= 11 is 0. The molecule has 0 unspecified atom stereocenters. The van der Waals surface area contributed by atoms with E-state index in [-0.39, 0.29) is 63.4 Å². The molecule has 0 saturated carbocycles. The average Bonchev–Trinajstić information content (AvgIpc) is 1.63. The van der Waals surface area contributed by atoms with E-state index in [0.717, 1.165) is 0 Å². The van der Waals surface area contributed by atoms with Gasteiger partial charge in [0.1, 0.15) is 0 Å². The minimum absolute atomic E-state index is 0. The predicted molar refractivity (Wildman–Crippen MR) is 44.5 cm³/mol. The zero-order valence-electron chi connectivity index (χ0n) is 6.48. The summed E-state index contributed by atoms with van der Waals surface area (Å²) in [5, 5.41) is 8.34. The van der Waals surface area contributed by atoms with Crippen LogP contribution < -0.4 is 0 Å². The second-order valence-corrected chi connectivity index (χ2v) is 3.34. The van der Waals surface area contributed by atoms with Crippen molar-refractivity contribution in [2.45, 2.75) is 20.8 Å². The van der Waals surface area contributed by atoms with Crippen molar-refractivity contribution in [1.82, 2.24) is 0 Å². The SMILES string of the molecule is CC(C)(C)COCCO.[KH]. The van der Waals surface area contributed by atoms with Gasteiger partial charge < -0.3 is 9.84 Å². The van der Waals surface area contributed by atoms with Gasteiger partial charge in [0.15, 0.2) is 0 Å². The van der Waals surface area contributed by atoms with E-state index in [0.29, 0.717) is 13.2 Å². The first-order valence-corrected chi connectivity index (χ1v) is 3.25. The Hall–Kier alpha value is 1.56. The van der Waals surface area contributed by atoms with E-state index >= 15 is 0 Å². The van der Waals surface area contributed by atoms with Crippen molar-refractivity contribution < 1.29 is 9.84 Å². The van der Waals surface area contributed by atoms with Crippen molar-refractivity contribution in [2.24, 2.45) is 5.41 Å². The molecule has 0 aliphatic rings. The summed E-state index contributed by atoms with van der Waals surface area (Å²) in [6.07, 6.45) is 0. The first kappa shape index (κ1) is 14.1. The van der Waals surface area contributed by atoms with Crippen LogP contribution in [-0.2, 0) is 4.74 Å². The Labute approximate surface area is 106 Å². The summed E-state index contributed by atoms with van der Waals surface area (Å²) in [5.74, 6) is 0. The zero-order chi connectivity index (χ0) is 7.33. The molecule has 0 aromatic rings. The van der Waals surface area contributed by atoms with Gasteiger partial charge in [-0.2, -0.15) is 0 Å². The number of hydrogen-bond donors (Lipinski definition) is 1. The third-order valence-electron chi connectivity index (χ3n) is 0.771. The number of aliphatic hydroxyl groups is 1. The molecular formula is C7H17KO2. The third kappa shape index (κ3) is 12.3. The van der Waals surface area contributed by atoms with Crippen molar-refractivity contribution >= 4 is 51.4 Å². The van der Waals surface area contributed by atoms with Gasteiger partial charge in [0, 0.05) is 0 Å². The fourth-order valence-electron chi connectivity index (χ4n) is 0.443. The molecule has 1 N–H and O–H groups in total. The van der Waals surface area contributed by atoms with Gasteiger partial charge >= 0.3 is 51.4 Å². The molecule has 3 heteroatoms. The summed E-state index contributed by atoms with van der Waals surface area (Å²) in [7, 11) is 0. The van der Waals surface area contributed by atoms with Crippen LogP contribution in [0.4, 0.5) is 0 Å². The van der Waals surface area contributed by atoms with Crippen molar-refractivity contribution in [3.05, 3.63) is 0 Å². The molecule has 58 valence electrons. The van der Waals surface area contributed by atoms with Gasteiger partial charge in [0.25, 0.3) is 0 Å². The van der Waals surface area contributed by atoms with Crippen LogP contribution in [0.3, 0.4) is 0 Å². The molecule has 0 radical (unpaired) electrons. The Morgan fingerprint density at radius 1 is 1.30 bits per heavy atom. The normalized spacial score (nSPS) is 10.8. The van der Waals surface area contributed by atoms with E-state index in [4.69, 9.17) is 9.84 Å². The summed E-state index contributed by atoms with van der Waals surface area (Å²) in [5.41, 5.74) is 0.217.